The van der Waals surface area contributed by atoms with Crippen LogP contribution >= 0.6 is 0 Å². The van der Waals surface area contributed by atoms with Crippen LogP contribution in [-0.4, -0.2) is 12.6 Å². The van der Waals surface area contributed by atoms with Crippen molar-refractivity contribution in [2.24, 2.45) is 5.92 Å². The van der Waals surface area contributed by atoms with Gasteiger partial charge in [-0.1, -0.05) is 30.3 Å². The lowest BCUT2D eigenvalue weighted by Gasteiger charge is -2.19. The van der Waals surface area contributed by atoms with Gasteiger partial charge in [0.15, 0.2) is 5.92 Å². The molecule has 1 heterocycles. The number of rotatable bonds is 5. The average molecular weight is 269 g/mol. The number of hydrogen-bond donors (Lipinski definition) is 0. The third kappa shape index (κ3) is 2.89. The molecule has 0 N–H and O–H groups in total. The number of carbonyl (C=O) groups excluding carboxylic acids is 1. The van der Waals surface area contributed by atoms with E-state index in [0.29, 0.717) is 5.76 Å². The van der Waals surface area contributed by atoms with Gasteiger partial charge in [-0.3, -0.25) is 4.79 Å². The lowest BCUT2D eigenvalue weighted by molar-refractivity contribution is -0.146. The summed E-state index contributed by atoms with van der Waals surface area (Å²) in [6.07, 6.45) is 1.53. The van der Waals surface area contributed by atoms with Crippen LogP contribution < -0.4 is 0 Å². The maximum Gasteiger partial charge on any atom is 0.324 e. The zero-order valence-electron chi connectivity index (χ0n) is 11.2. The van der Waals surface area contributed by atoms with Crippen LogP contribution in [0.1, 0.15) is 24.2 Å². The first-order valence-electron chi connectivity index (χ1n) is 6.42. The Morgan fingerprint density at radius 3 is 2.60 bits per heavy atom. The van der Waals surface area contributed by atoms with Crippen molar-refractivity contribution in [3.8, 4) is 6.07 Å². The van der Waals surface area contributed by atoms with Crippen molar-refractivity contribution < 1.29 is 13.9 Å². The first kappa shape index (κ1) is 13.9. The minimum atomic E-state index is -0.927. The third-order valence-electron chi connectivity index (χ3n) is 3.02. The van der Waals surface area contributed by atoms with Gasteiger partial charge in [-0.2, -0.15) is 5.26 Å². The van der Waals surface area contributed by atoms with Gasteiger partial charge in [0.2, 0.25) is 0 Å². The molecule has 2 aromatic rings. The number of furan rings is 1. The minimum absolute atomic E-state index is 0.247. The van der Waals surface area contributed by atoms with E-state index in [0.717, 1.165) is 5.56 Å². The molecule has 1 aromatic heterocycles. The van der Waals surface area contributed by atoms with E-state index in [2.05, 4.69) is 0 Å². The van der Waals surface area contributed by atoms with Gasteiger partial charge < -0.3 is 9.15 Å². The van der Waals surface area contributed by atoms with E-state index in [-0.39, 0.29) is 6.61 Å². The SMILES string of the molecule is CCOC(=O)[C@H](C#N)[C@@H](c1ccccc1)c1ccco1. The minimum Gasteiger partial charge on any atom is -0.469 e. The quantitative estimate of drug-likeness (QED) is 0.782. The fourth-order valence-corrected chi connectivity index (χ4v) is 2.14. The molecule has 0 saturated carbocycles. The molecule has 102 valence electrons. The first-order valence-corrected chi connectivity index (χ1v) is 6.42. The monoisotopic (exact) mass is 269 g/mol. The molecule has 0 saturated heterocycles. The molecule has 4 heteroatoms. The van der Waals surface area contributed by atoms with Crippen molar-refractivity contribution in [2.75, 3.05) is 6.61 Å². The van der Waals surface area contributed by atoms with Gasteiger partial charge in [0, 0.05) is 0 Å². The highest BCUT2D eigenvalue weighted by Gasteiger charge is 2.34. The number of carbonyl (C=O) groups is 1. The van der Waals surface area contributed by atoms with Crippen LogP contribution in [0.3, 0.4) is 0 Å². The fraction of sp³-hybridized carbons (Fsp3) is 0.250. The lowest BCUT2D eigenvalue weighted by Crippen LogP contribution is -2.24. The largest absolute Gasteiger partial charge is 0.469 e. The normalized spacial score (nSPS) is 13.2. The standard InChI is InChI=1S/C16H15NO3/c1-2-19-16(18)13(11-17)15(14-9-6-10-20-14)12-7-4-3-5-8-12/h3-10,13,15H,2H2,1H3/t13-,15-/m1/s1. The molecule has 1 aromatic carbocycles. The van der Waals surface area contributed by atoms with Crippen LogP contribution in [0.2, 0.25) is 0 Å². The summed E-state index contributed by atoms with van der Waals surface area (Å²) in [5, 5.41) is 9.36. The Bertz CT molecular complexity index is 584. The zero-order chi connectivity index (χ0) is 14.4. The lowest BCUT2D eigenvalue weighted by atomic mass is 9.85. The molecule has 0 amide bonds. The number of hydrogen-bond acceptors (Lipinski definition) is 4. The Morgan fingerprint density at radius 2 is 2.05 bits per heavy atom. The second-order valence-corrected chi connectivity index (χ2v) is 4.26. The molecule has 20 heavy (non-hydrogen) atoms. The summed E-state index contributed by atoms with van der Waals surface area (Å²) >= 11 is 0. The van der Waals surface area contributed by atoms with Crippen molar-refractivity contribution in [1.29, 1.82) is 5.26 Å². The predicted octanol–water partition coefficient (Wildman–Crippen LogP) is 3.11. The highest BCUT2D eigenvalue weighted by Crippen LogP contribution is 2.33. The molecule has 2 rings (SSSR count). The highest BCUT2D eigenvalue weighted by molar-refractivity contribution is 5.77. The summed E-state index contributed by atoms with van der Waals surface area (Å²) in [5.41, 5.74) is 0.849. The molecule has 2 atom stereocenters. The van der Waals surface area contributed by atoms with Crippen LogP contribution in [0.15, 0.2) is 53.1 Å². The van der Waals surface area contributed by atoms with Gasteiger partial charge in [0.1, 0.15) is 5.76 Å². The summed E-state index contributed by atoms with van der Waals surface area (Å²) in [5.74, 6) is -1.34. The maximum absolute atomic E-state index is 12.0. The van der Waals surface area contributed by atoms with E-state index in [4.69, 9.17) is 9.15 Å². The molecule has 0 bridgehead atoms. The van der Waals surface area contributed by atoms with Gasteiger partial charge in [-0.15, -0.1) is 0 Å². The maximum atomic E-state index is 12.0. The Labute approximate surface area is 117 Å². The molecular weight excluding hydrogens is 254 g/mol. The Kier molecular flexibility index (Phi) is 4.56. The van der Waals surface area contributed by atoms with Crippen LogP contribution in [0, 0.1) is 17.2 Å². The van der Waals surface area contributed by atoms with Gasteiger partial charge in [0.05, 0.1) is 24.9 Å². The molecular formula is C16H15NO3. The van der Waals surface area contributed by atoms with Crippen LogP contribution in [0.25, 0.3) is 0 Å². The van der Waals surface area contributed by atoms with E-state index in [9.17, 15) is 10.1 Å². The molecule has 4 nitrogen and oxygen atoms in total. The summed E-state index contributed by atoms with van der Waals surface area (Å²) in [6.45, 7) is 1.97. The van der Waals surface area contributed by atoms with Crippen molar-refractivity contribution in [2.45, 2.75) is 12.8 Å². The number of esters is 1. The molecule has 0 fully saturated rings. The van der Waals surface area contributed by atoms with Crippen molar-refractivity contribution in [3.05, 3.63) is 60.1 Å². The Balaban J connectivity index is 2.42. The van der Waals surface area contributed by atoms with Crippen LogP contribution in [-0.2, 0) is 9.53 Å². The molecule has 0 radical (unpaired) electrons. The fourth-order valence-electron chi connectivity index (χ4n) is 2.14. The van der Waals surface area contributed by atoms with Crippen molar-refractivity contribution in [3.63, 3.8) is 0 Å². The molecule has 0 aliphatic carbocycles. The first-order chi connectivity index (χ1) is 9.77. The van der Waals surface area contributed by atoms with E-state index < -0.39 is 17.8 Å². The second-order valence-electron chi connectivity index (χ2n) is 4.26. The number of nitrogens with zero attached hydrogens (tertiary/aromatic N) is 1. The number of nitriles is 1. The number of benzene rings is 1. The predicted molar refractivity (Wildman–Crippen MR) is 72.7 cm³/mol. The summed E-state index contributed by atoms with van der Waals surface area (Å²) in [7, 11) is 0. The molecule has 0 spiro atoms. The van der Waals surface area contributed by atoms with Crippen LogP contribution in [0.4, 0.5) is 0 Å². The Morgan fingerprint density at radius 1 is 1.30 bits per heavy atom. The van der Waals surface area contributed by atoms with Gasteiger partial charge in [-0.25, -0.2) is 0 Å². The summed E-state index contributed by atoms with van der Waals surface area (Å²) in [4.78, 5) is 12.0. The second kappa shape index (κ2) is 6.58. The highest BCUT2D eigenvalue weighted by atomic mass is 16.5. The van der Waals surface area contributed by atoms with Gasteiger partial charge in [-0.05, 0) is 24.6 Å². The van der Waals surface area contributed by atoms with E-state index in [1.165, 1.54) is 6.26 Å². The van der Waals surface area contributed by atoms with Crippen molar-refractivity contribution >= 4 is 5.97 Å². The topological polar surface area (TPSA) is 63.2 Å². The van der Waals surface area contributed by atoms with E-state index in [1.807, 2.05) is 36.4 Å². The molecule has 0 unspecified atom stereocenters. The molecule has 0 aliphatic heterocycles. The summed E-state index contributed by atoms with van der Waals surface area (Å²) in [6, 6.07) is 14.9. The van der Waals surface area contributed by atoms with Gasteiger partial charge in [0.25, 0.3) is 0 Å². The molecule has 0 aliphatic rings. The summed E-state index contributed by atoms with van der Waals surface area (Å²) < 4.78 is 10.4. The number of ether oxygens (including phenoxy) is 1. The average Bonchev–Trinajstić information content (AvgIpc) is 2.99. The van der Waals surface area contributed by atoms with Gasteiger partial charge >= 0.3 is 5.97 Å². The van der Waals surface area contributed by atoms with E-state index >= 15 is 0 Å². The van der Waals surface area contributed by atoms with Crippen LogP contribution in [0.5, 0.6) is 0 Å². The van der Waals surface area contributed by atoms with E-state index in [1.54, 1.807) is 19.1 Å². The smallest absolute Gasteiger partial charge is 0.324 e. The van der Waals surface area contributed by atoms with Crippen molar-refractivity contribution in [1.82, 2.24) is 0 Å². The Hall–Kier alpha value is -2.54. The zero-order valence-corrected chi connectivity index (χ0v) is 11.2. The third-order valence-corrected chi connectivity index (χ3v) is 3.02.